The fraction of sp³-hybridized carbons (Fsp3) is 0.842. The van der Waals surface area contributed by atoms with Crippen molar-refractivity contribution in [2.45, 2.75) is 38.0 Å². The fourth-order valence-corrected chi connectivity index (χ4v) is 4.54. The number of nitrogens with zero attached hydrogens (tertiary/aromatic N) is 4. The molecule has 2 unspecified atom stereocenters. The predicted octanol–water partition coefficient (Wildman–Crippen LogP) is -0.0606. The molecule has 0 radical (unpaired) electrons. The van der Waals surface area contributed by atoms with Crippen LogP contribution in [0.2, 0.25) is 0 Å². The Morgan fingerprint density at radius 2 is 1.83 bits per heavy atom. The normalized spacial score (nSPS) is 27.2. The number of guanidine groups is 1. The molecule has 3 fully saturated rings. The summed E-state index contributed by atoms with van der Waals surface area (Å²) in [6.07, 6.45) is 3.51. The second kappa shape index (κ2) is 9.62. The minimum Gasteiger partial charge on any atom is -0.468 e. The number of rotatable bonds is 6. The highest BCUT2D eigenvalue weighted by molar-refractivity contribution is 5.74. The van der Waals surface area contributed by atoms with E-state index in [9.17, 15) is 9.59 Å². The third-order valence-corrected chi connectivity index (χ3v) is 6.51. The van der Waals surface area contributed by atoms with Crippen molar-refractivity contribution in [3.05, 3.63) is 0 Å². The summed E-state index contributed by atoms with van der Waals surface area (Å²) in [4.78, 5) is 31.6. The summed E-state index contributed by atoms with van der Waals surface area (Å²) in [5, 5.41) is 7.55. The molecule has 1 amide bonds. The summed E-state index contributed by atoms with van der Waals surface area (Å²) in [5.74, 6) is 0.524. The van der Waals surface area contributed by atoms with Gasteiger partial charge in [-0.05, 0) is 31.6 Å². The van der Waals surface area contributed by atoms with Crippen LogP contribution < -0.4 is 5.73 Å². The van der Waals surface area contributed by atoms with Crippen LogP contribution in [0.3, 0.4) is 0 Å². The molecule has 0 aromatic heterocycles. The third-order valence-electron chi connectivity index (χ3n) is 6.51. The van der Waals surface area contributed by atoms with Gasteiger partial charge in [-0.1, -0.05) is 0 Å². The average Bonchev–Trinajstić information content (AvgIpc) is 3.01. The lowest BCUT2D eigenvalue weighted by Crippen LogP contribution is -2.54. The molecule has 0 aliphatic carbocycles. The third kappa shape index (κ3) is 5.30. The Balaban J connectivity index is 1.49. The van der Waals surface area contributed by atoms with Crippen molar-refractivity contribution in [1.82, 2.24) is 19.6 Å². The second-order valence-electron chi connectivity index (χ2n) is 8.23. The van der Waals surface area contributed by atoms with Crippen molar-refractivity contribution in [3.8, 4) is 0 Å². The number of likely N-dealkylation sites (N-methyl/N-ethyl adjacent to an activating group) is 1. The quantitative estimate of drug-likeness (QED) is 0.355. The van der Waals surface area contributed by atoms with Gasteiger partial charge in [0, 0.05) is 46.3 Å². The zero-order valence-corrected chi connectivity index (χ0v) is 17.5. The van der Waals surface area contributed by atoms with Crippen LogP contribution >= 0.6 is 0 Å². The van der Waals surface area contributed by atoms with Gasteiger partial charge in [0.05, 0.1) is 19.7 Å². The molecule has 3 N–H and O–H groups in total. The van der Waals surface area contributed by atoms with E-state index < -0.39 is 0 Å². The number of piperidine rings is 1. The van der Waals surface area contributed by atoms with Crippen LogP contribution in [0.25, 0.3) is 0 Å². The molecule has 10 nitrogen and oxygen atoms in total. The lowest BCUT2D eigenvalue weighted by molar-refractivity contribution is -0.142. The maximum absolute atomic E-state index is 12.2. The molecule has 3 aliphatic rings. The first-order valence-corrected chi connectivity index (χ1v) is 10.4. The van der Waals surface area contributed by atoms with E-state index in [1.54, 1.807) is 4.90 Å². The number of carbonyl (C=O) groups is 2. The molecule has 2 atom stereocenters. The van der Waals surface area contributed by atoms with Gasteiger partial charge in [-0.3, -0.25) is 20.0 Å². The Morgan fingerprint density at radius 1 is 1.17 bits per heavy atom. The molecule has 0 aromatic carbocycles. The van der Waals surface area contributed by atoms with E-state index >= 15 is 0 Å². The van der Waals surface area contributed by atoms with Crippen molar-refractivity contribution in [3.63, 3.8) is 0 Å². The van der Waals surface area contributed by atoms with Crippen LogP contribution in [0, 0.1) is 11.3 Å². The van der Waals surface area contributed by atoms with Crippen molar-refractivity contribution in [2.75, 3.05) is 60.0 Å². The Morgan fingerprint density at radius 3 is 2.41 bits per heavy atom. The SMILES string of the molecule is COC(=O)CN1CCN(C2OC(=O)N(C)C2CCC2CCN(C(=N)N)CC2)CC1. The van der Waals surface area contributed by atoms with E-state index in [0.29, 0.717) is 12.5 Å². The minimum atomic E-state index is -0.261. The highest BCUT2D eigenvalue weighted by Crippen LogP contribution is 2.29. The maximum atomic E-state index is 12.2. The molecule has 0 aromatic rings. The molecular weight excluding hydrogens is 376 g/mol. The second-order valence-corrected chi connectivity index (χ2v) is 8.23. The van der Waals surface area contributed by atoms with Crippen molar-refractivity contribution >= 4 is 18.0 Å². The zero-order valence-electron chi connectivity index (χ0n) is 17.5. The molecule has 10 heteroatoms. The first-order valence-electron chi connectivity index (χ1n) is 10.4. The maximum Gasteiger partial charge on any atom is 0.411 e. The number of carbonyl (C=O) groups excluding carboxylic acids is 2. The van der Waals surface area contributed by atoms with Crippen molar-refractivity contribution in [2.24, 2.45) is 11.7 Å². The molecule has 0 bridgehead atoms. The highest BCUT2D eigenvalue weighted by atomic mass is 16.6. The average molecular weight is 411 g/mol. The number of cyclic esters (lactones) is 1. The van der Waals surface area contributed by atoms with E-state index in [1.807, 2.05) is 11.9 Å². The van der Waals surface area contributed by atoms with Gasteiger partial charge >= 0.3 is 12.1 Å². The number of nitrogens with two attached hydrogens (primary N) is 1. The number of methoxy groups -OCH3 is 1. The zero-order chi connectivity index (χ0) is 21.0. The molecule has 3 aliphatic heterocycles. The van der Waals surface area contributed by atoms with Crippen molar-refractivity contribution in [1.29, 1.82) is 5.41 Å². The van der Waals surface area contributed by atoms with Gasteiger partial charge in [-0.2, -0.15) is 0 Å². The van der Waals surface area contributed by atoms with Crippen LogP contribution in [0.1, 0.15) is 25.7 Å². The Bertz CT molecular complexity index is 602. The van der Waals surface area contributed by atoms with Gasteiger partial charge in [-0.15, -0.1) is 0 Å². The van der Waals surface area contributed by atoms with Crippen LogP contribution in [0.4, 0.5) is 4.79 Å². The molecular formula is C19H34N6O4. The highest BCUT2D eigenvalue weighted by Gasteiger charge is 2.43. The summed E-state index contributed by atoms with van der Waals surface area (Å²) in [7, 11) is 3.22. The van der Waals surface area contributed by atoms with Crippen LogP contribution in [-0.2, 0) is 14.3 Å². The van der Waals surface area contributed by atoms with E-state index in [-0.39, 0.29) is 30.3 Å². The fourth-order valence-electron chi connectivity index (χ4n) is 4.54. The first kappa shape index (κ1) is 21.6. The van der Waals surface area contributed by atoms with Gasteiger partial charge in [0.2, 0.25) is 0 Å². The standard InChI is InChI=1S/C19H34N6O4/c1-22-15(4-3-14-5-7-25(8-6-14)18(20)21)17(29-19(22)27)24-11-9-23(10-12-24)13-16(26)28-2/h14-15,17H,3-13H2,1-2H3,(H3,20,21). The minimum absolute atomic E-state index is 0.0421. The van der Waals surface area contributed by atoms with Gasteiger partial charge in [0.15, 0.2) is 12.2 Å². The van der Waals surface area contributed by atoms with Crippen LogP contribution in [0.5, 0.6) is 0 Å². The summed E-state index contributed by atoms with van der Waals surface area (Å²) in [6, 6.07) is 0.0421. The van der Waals surface area contributed by atoms with Crippen molar-refractivity contribution < 1.29 is 19.1 Å². The van der Waals surface area contributed by atoms with E-state index in [1.165, 1.54) is 7.11 Å². The molecule has 0 saturated carbocycles. The Labute approximate surface area is 172 Å². The Kier molecular flexibility index (Phi) is 7.18. The smallest absolute Gasteiger partial charge is 0.411 e. The monoisotopic (exact) mass is 410 g/mol. The molecule has 3 saturated heterocycles. The molecule has 0 spiro atoms. The number of esters is 1. The number of hydrogen-bond donors (Lipinski definition) is 2. The molecule has 164 valence electrons. The topological polar surface area (TPSA) is 115 Å². The van der Waals surface area contributed by atoms with Gasteiger partial charge in [0.1, 0.15) is 0 Å². The van der Waals surface area contributed by atoms with E-state index in [2.05, 4.69) is 9.80 Å². The molecule has 3 rings (SSSR count). The molecule has 29 heavy (non-hydrogen) atoms. The number of amides is 1. The number of nitrogens with one attached hydrogen (secondary N) is 1. The lowest BCUT2D eigenvalue weighted by Gasteiger charge is -2.38. The summed E-state index contributed by atoms with van der Waals surface area (Å²) in [5.41, 5.74) is 5.58. The van der Waals surface area contributed by atoms with Gasteiger partial charge in [-0.25, -0.2) is 4.79 Å². The predicted molar refractivity (Wildman–Crippen MR) is 107 cm³/mol. The number of hydrogen-bond acceptors (Lipinski definition) is 7. The van der Waals surface area contributed by atoms with Crippen LogP contribution in [-0.4, -0.2) is 110 Å². The van der Waals surface area contributed by atoms with E-state index in [4.69, 9.17) is 20.6 Å². The number of piperazine rings is 1. The summed E-state index contributed by atoms with van der Waals surface area (Å²) in [6.45, 7) is 5.00. The largest absolute Gasteiger partial charge is 0.468 e. The number of ether oxygens (including phenoxy) is 2. The van der Waals surface area contributed by atoms with Gasteiger partial charge < -0.3 is 25.0 Å². The van der Waals surface area contributed by atoms with Crippen LogP contribution in [0.15, 0.2) is 0 Å². The lowest BCUT2D eigenvalue weighted by atomic mass is 9.90. The van der Waals surface area contributed by atoms with Gasteiger partial charge in [0.25, 0.3) is 0 Å². The summed E-state index contributed by atoms with van der Waals surface area (Å²) < 4.78 is 10.4. The Hall–Kier alpha value is -2.07. The van der Waals surface area contributed by atoms with E-state index in [0.717, 1.165) is 65.0 Å². The number of likely N-dealkylation sites (tertiary alicyclic amines) is 1. The first-order chi connectivity index (χ1) is 13.9. The molecule has 3 heterocycles. The summed E-state index contributed by atoms with van der Waals surface area (Å²) >= 11 is 0.